The third-order valence-electron chi connectivity index (χ3n) is 5.72. The SMILES string of the molecule is Cc1ccc(N2NC(C(=O)NCc3ccc(CN4CC(C)OC(C)C4)cc3)=NCC2=O)cc1. The molecule has 2 aliphatic heterocycles. The largest absolute Gasteiger partial charge is 0.373 e. The number of nitrogens with one attached hydrogen (secondary N) is 2. The molecule has 8 nitrogen and oxygen atoms in total. The lowest BCUT2D eigenvalue weighted by Crippen LogP contribution is -2.55. The van der Waals surface area contributed by atoms with E-state index in [4.69, 9.17) is 4.74 Å². The minimum absolute atomic E-state index is 0.0723. The molecule has 0 spiro atoms. The summed E-state index contributed by atoms with van der Waals surface area (Å²) in [6.45, 7) is 9.24. The van der Waals surface area contributed by atoms with Crippen molar-refractivity contribution in [3.8, 4) is 0 Å². The molecule has 2 atom stereocenters. The van der Waals surface area contributed by atoms with Crippen LogP contribution in [0.1, 0.15) is 30.5 Å². The van der Waals surface area contributed by atoms with Crippen LogP contribution in [0.4, 0.5) is 5.69 Å². The first-order valence-electron chi connectivity index (χ1n) is 11.3. The van der Waals surface area contributed by atoms with Gasteiger partial charge in [-0.25, -0.2) is 5.01 Å². The Kier molecular flexibility index (Phi) is 7.05. The van der Waals surface area contributed by atoms with E-state index in [-0.39, 0.29) is 36.4 Å². The first-order chi connectivity index (χ1) is 15.9. The van der Waals surface area contributed by atoms with Gasteiger partial charge in [0.2, 0.25) is 5.84 Å². The number of aliphatic imine (C=N–C) groups is 1. The summed E-state index contributed by atoms with van der Waals surface area (Å²) < 4.78 is 5.80. The first-order valence-corrected chi connectivity index (χ1v) is 11.3. The second kappa shape index (κ2) is 10.1. The van der Waals surface area contributed by atoms with E-state index < -0.39 is 0 Å². The van der Waals surface area contributed by atoms with E-state index in [1.54, 1.807) is 0 Å². The zero-order chi connectivity index (χ0) is 23.4. The molecule has 33 heavy (non-hydrogen) atoms. The van der Waals surface area contributed by atoms with Gasteiger partial charge in [0.05, 0.1) is 17.9 Å². The number of ether oxygens (including phenoxy) is 1. The molecule has 2 aromatic carbocycles. The minimum atomic E-state index is -0.347. The van der Waals surface area contributed by atoms with Crippen LogP contribution in [0, 0.1) is 6.92 Å². The predicted molar refractivity (Wildman–Crippen MR) is 128 cm³/mol. The Morgan fingerprint density at radius 3 is 2.36 bits per heavy atom. The second-order valence-corrected chi connectivity index (χ2v) is 8.79. The van der Waals surface area contributed by atoms with Crippen molar-refractivity contribution < 1.29 is 14.3 Å². The summed E-state index contributed by atoms with van der Waals surface area (Å²) in [5.41, 5.74) is 6.84. The molecule has 8 heteroatoms. The van der Waals surface area contributed by atoms with E-state index in [2.05, 4.69) is 46.6 Å². The van der Waals surface area contributed by atoms with Gasteiger partial charge in [0.25, 0.3) is 11.8 Å². The molecular formula is C25H31N5O3. The highest BCUT2D eigenvalue weighted by atomic mass is 16.5. The highest BCUT2D eigenvalue weighted by Gasteiger charge is 2.25. The molecule has 0 bridgehead atoms. The van der Waals surface area contributed by atoms with Gasteiger partial charge in [0.15, 0.2) is 0 Å². The normalized spacial score (nSPS) is 21.4. The fraction of sp³-hybridized carbons (Fsp3) is 0.400. The van der Waals surface area contributed by atoms with E-state index >= 15 is 0 Å². The Morgan fingerprint density at radius 2 is 1.70 bits per heavy atom. The minimum Gasteiger partial charge on any atom is -0.373 e. The van der Waals surface area contributed by atoms with Gasteiger partial charge in [-0.2, -0.15) is 0 Å². The molecule has 0 aromatic heterocycles. The Hall–Kier alpha value is -3.23. The quantitative estimate of drug-likeness (QED) is 0.706. The Labute approximate surface area is 194 Å². The molecule has 0 aliphatic carbocycles. The summed E-state index contributed by atoms with van der Waals surface area (Å²) in [6.07, 6.45) is 0.494. The molecule has 2 aromatic rings. The first kappa shape index (κ1) is 22.9. The van der Waals surface area contributed by atoms with Crippen molar-refractivity contribution in [1.82, 2.24) is 15.6 Å². The lowest BCUT2D eigenvalue weighted by molar-refractivity contribution is -0.118. The highest BCUT2D eigenvalue weighted by molar-refractivity contribution is 6.39. The molecule has 0 saturated carbocycles. The van der Waals surface area contributed by atoms with Crippen LogP contribution in [0.5, 0.6) is 0 Å². The van der Waals surface area contributed by atoms with Crippen LogP contribution in [-0.2, 0) is 27.4 Å². The molecule has 2 aliphatic rings. The number of amides is 2. The molecule has 174 valence electrons. The molecule has 1 saturated heterocycles. The number of anilines is 1. The number of nitrogens with zero attached hydrogens (tertiary/aromatic N) is 3. The molecular weight excluding hydrogens is 418 g/mol. The number of hydrogen-bond donors (Lipinski definition) is 2. The van der Waals surface area contributed by atoms with Crippen LogP contribution in [0.2, 0.25) is 0 Å². The number of amidine groups is 1. The number of morpholine rings is 1. The maximum Gasteiger partial charge on any atom is 0.288 e. The number of rotatable bonds is 6. The lowest BCUT2D eigenvalue weighted by Gasteiger charge is -2.35. The number of aryl methyl sites for hydroxylation is 1. The van der Waals surface area contributed by atoms with Crippen molar-refractivity contribution in [3.63, 3.8) is 0 Å². The molecule has 2 amide bonds. The lowest BCUT2D eigenvalue weighted by atomic mass is 10.1. The van der Waals surface area contributed by atoms with Crippen molar-refractivity contribution in [2.45, 2.75) is 46.1 Å². The number of hydrogen-bond acceptors (Lipinski definition) is 6. The Morgan fingerprint density at radius 1 is 1.06 bits per heavy atom. The summed E-state index contributed by atoms with van der Waals surface area (Å²) in [6, 6.07) is 15.8. The number of benzene rings is 2. The fourth-order valence-corrected chi connectivity index (χ4v) is 4.15. The molecule has 2 heterocycles. The van der Waals surface area contributed by atoms with E-state index in [1.807, 2.05) is 43.3 Å². The molecule has 4 rings (SSSR count). The van der Waals surface area contributed by atoms with Crippen molar-refractivity contribution in [3.05, 3.63) is 65.2 Å². The van der Waals surface area contributed by atoms with Crippen molar-refractivity contribution >= 4 is 23.3 Å². The van der Waals surface area contributed by atoms with E-state index in [0.29, 0.717) is 12.2 Å². The maximum absolute atomic E-state index is 12.6. The van der Waals surface area contributed by atoms with Crippen molar-refractivity contribution in [2.75, 3.05) is 24.6 Å². The van der Waals surface area contributed by atoms with Crippen LogP contribution in [-0.4, -0.2) is 54.4 Å². The van der Waals surface area contributed by atoms with Crippen LogP contribution in [0.3, 0.4) is 0 Å². The van der Waals surface area contributed by atoms with E-state index in [1.165, 1.54) is 10.6 Å². The summed E-state index contributed by atoms with van der Waals surface area (Å²) in [5.74, 6) is -0.433. The Bertz CT molecular complexity index is 1010. The van der Waals surface area contributed by atoms with Gasteiger partial charge >= 0.3 is 0 Å². The monoisotopic (exact) mass is 449 g/mol. The number of carbonyl (C=O) groups is 2. The van der Waals surface area contributed by atoms with Crippen LogP contribution < -0.4 is 15.8 Å². The van der Waals surface area contributed by atoms with Crippen molar-refractivity contribution in [1.29, 1.82) is 0 Å². The average molecular weight is 450 g/mol. The second-order valence-electron chi connectivity index (χ2n) is 8.79. The number of carbonyl (C=O) groups excluding carboxylic acids is 2. The zero-order valence-electron chi connectivity index (χ0n) is 19.4. The van der Waals surface area contributed by atoms with Gasteiger partial charge in [-0.15, -0.1) is 0 Å². The summed E-state index contributed by atoms with van der Waals surface area (Å²) in [4.78, 5) is 31.4. The summed E-state index contributed by atoms with van der Waals surface area (Å²) >= 11 is 0. The maximum atomic E-state index is 12.6. The zero-order valence-corrected chi connectivity index (χ0v) is 19.4. The van der Waals surface area contributed by atoms with Crippen LogP contribution in [0.15, 0.2) is 53.5 Å². The highest BCUT2D eigenvalue weighted by Crippen LogP contribution is 2.16. The third-order valence-corrected chi connectivity index (χ3v) is 5.72. The molecule has 0 radical (unpaired) electrons. The van der Waals surface area contributed by atoms with Gasteiger partial charge < -0.3 is 10.1 Å². The fourth-order valence-electron chi connectivity index (χ4n) is 4.15. The average Bonchev–Trinajstić information content (AvgIpc) is 2.79. The van der Waals surface area contributed by atoms with Gasteiger partial charge in [-0.3, -0.25) is 24.9 Å². The van der Waals surface area contributed by atoms with Crippen molar-refractivity contribution in [2.24, 2.45) is 4.99 Å². The van der Waals surface area contributed by atoms with Gasteiger partial charge in [0.1, 0.15) is 6.54 Å². The molecule has 1 fully saturated rings. The standard InChI is InChI=1S/C25H31N5O3/c1-17-4-10-22(11-5-17)30-23(31)13-26-24(28-30)25(32)27-12-20-6-8-21(9-7-20)16-29-14-18(2)33-19(3)15-29/h4-11,18-19H,12-16H2,1-3H3,(H,26,28)(H,27,32). The van der Waals surface area contributed by atoms with Gasteiger partial charge in [0, 0.05) is 26.2 Å². The Balaban J connectivity index is 1.30. The molecule has 2 unspecified atom stereocenters. The predicted octanol–water partition coefficient (Wildman–Crippen LogP) is 2.17. The summed E-state index contributed by atoms with van der Waals surface area (Å²) in [7, 11) is 0. The van der Waals surface area contributed by atoms with Gasteiger partial charge in [-0.1, -0.05) is 42.0 Å². The van der Waals surface area contributed by atoms with Crippen LogP contribution in [0.25, 0.3) is 0 Å². The van der Waals surface area contributed by atoms with E-state index in [9.17, 15) is 9.59 Å². The smallest absolute Gasteiger partial charge is 0.288 e. The van der Waals surface area contributed by atoms with Gasteiger partial charge in [-0.05, 0) is 44.0 Å². The van der Waals surface area contributed by atoms with Crippen LogP contribution >= 0.6 is 0 Å². The van der Waals surface area contributed by atoms with E-state index in [0.717, 1.165) is 30.8 Å². The topological polar surface area (TPSA) is 86.3 Å². The number of hydrazine groups is 1. The third kappa shape index (κ3) is 5.97. The summed E-state index contributed by atoms with van der Waals surface area (Å²) in [5, 5.41) is 4.24. The molecule has 2 N–H and O–H groups in total.